The van der Waals surface area contributed by atoms with E-state index in [1.807, 2.05) is 24.3 Å². The Kier molecular flexibility index (Phi) is 2.35. The Morgan fingerprint density at radius 2 is 1.83 bits per heavy atom. The molecule has 0 bridgehead atoms. The molecular formula is C8H8BClO2. The molecule has 1 heterocycles. The third kappa shape index (κ3) is 1.48. The van der Waals surface area contributed by atoms with Crippen LogP contribution in [0.5, 0.6) is 0 Å². The smallest absolute Gasteiger partial charge is 0.405 e. The third-order valence-electron chi connectivity index (χ3n) is 1.78. The first-order chi connectivity index (χ1) is 5.88. The van der Waals surface area contributed by atoms with Gasteiger partial charge in [-0.1, -0.05) is 29.8 Å². The first-order valence-electron chi connectivity index (χ1n) is 3.85. The van der Waals surface area contributed by atoms with E-state index in [4.69, 9.17) is 20.9 Å². The van der Waals surface area contributed by atoms with E-state index in [0.29, 0.717) is 18.2 Å². The highest BCUT2D eigenvalue weighted by molar-refractivity contribution is 6.65. The number of halogens is 1. The van der Waals surface area contributed by atoms with Gasteiger partial charge in [0, 0.05) is 10.5 Å². The lowest BCUT2D eigenvalue weighted by Gasteiger charge is -2.04. The van der Waals surface area contributed by atoms with Crippen LogP contribution in [0.25, 0.3) is 0 Å². The Balaban J connectivity index is 2.26. The summed E-state index contributed by atoms with van der Waals surface area (Å²) in [6, 6.07) is 7.56. The summed E-state index contributed by atoms with van der Waals surface area (Å²) in [4.78, 5) is 0. The SMILES string of the molecule is Clc1ccccc1B1OCCO1. The van der Waals surface area contributed by atoms with Crippen molar-refractivity contribution in [1.82, 2.24) is 0 Å². The molecule has 0 aromatic heterocycles. The van der Waals surface area contributed by atoms with Crippen LogP contribution in [0.2, 0.25) is 5.02 Å². The molecule has 1 fully saturated rings. The van der Waals surface area contributed by atoms with Crippen molar-refractivity contribution < 1.29 is 9.31 Å². The molecule has 0 spiro atoms. The maximum atomic E-state index is 5.94. The van der Waals surface area contributed by atoms with E-state index in [9.17, 15) is 0 Å². The lowest BCUT2D eigenvalue weighted by Crippen LogP contribution is -2.32. The van der Waals surface area contributed by atoms with Gasteiger partial charge in [-0.3, -0.25) is 0 Å². The fourth-order valence-corrected chi connectivity index (χ4v) is 1.43. The Morgan fingerprint density at radius 1 is 1.17 bits per heavy atom. The normalized spacial score (nSPS) is 16.9. The van der Waals surface area contributed by atoms with E-state index in [2.05, 4.69) is 0 Å². The minimum absolute atomic E-state index is 0.265. The Hall–Kier alpha value is -0.505. The van der Waals surface area contributed by atoms with E-state index in [0.717, 1.165) is 5.46 Å². The quantitative estimate of drug-likeness (QED) is 0.605. The van der Waals surface area contributed by atoms with Gasteiger partial charge in [0.15, 0.2) is 0 Å². The van der Waals surface area contributed by atoms with Gasteiger partial charge in [-0.25, -0.2) is 0 Å². The van der Waals surface area contributed by atoms with Crippen LogP contribution >= 0.6 is 11.6 Å². The second-order valence-corrected chi connectivity index (χ2v) is 3.00. The van der Waals surface area contributed by atoms with Gasteiger partial charge in [0.2, 0.25) is 0 Å². The van der Waals surface area contributed by atoms with Gasteiger partial charge in [0.1, 0.15) is 0 Å². The molecule has 0 atom stereocenters. The van der Waals surface area contributed by atoms with E-state index in [1.165, 1.54) is 0 Å². The topological polar surface area (TPSA) is 18.5 Å². The van der Waals surface area contributed by atoms with Crippen LogP contribution in [0, 0.1) is 0 Å². The van der Waals surface area contributed by atoms with Gasteiger partial charge in [0.25, 0.3) is 0 Å². The molecule has 4 heteroatoms. The molecule has 0 saturated carbocycles. The number of hydrogen-bond donors (Lipinski definition) is 0. The standard InChI is InChI=1S/C8H8BClO2/c10-8-4-2-1-3-7(8)9-11-5-6-12-9/h1-4H,5-6H2. The van der Waals surface area contributed by atoms with Crippen LogP contribution in [-0.4, -0.2) is 20.3 Å². The van der Waals surface area contributed by atoms with Crippen molar-refractivity contribution in [1.29, 1.82) is 0 Å². The summed E-state index contributed by atoms with van der Waals surface area (Å²) in [5.74, 6) is 0. The average Bonchev–Trinajstić information content (AvgIpc) is 2.57. The van der Waals surface area contributed by atoms with Crippen molar-refractivity contribution in [3.63, 3.8) is 0 Å². The molecule has 1 aromatic rings. The van der Waals surface area contributed by atoms with Gasteiger partial charge in [-0.15, -0.1) is 0 Å². The second-order valence-electron chi connectivity index (χ2n) is 2.60. The molecule has 0 aliphatic carbocycles. The highest BCUT2D eigenvalue weighted by Gasteiger charge is 2.27. The largest absolute Gasteiger partial charge is 0.495 e. The van der Waals surface area contributed by atoms with Crippen LogP contribution < -0.4 is 5.46 Å². The van der Waals surface area contributed by atoms with Gasteiger partial charge in [-0.2, -0.15) is 0 Å². The summed E-state index contributed by atoms with van der Waals surface area (Å²) < 4.78 is 10.6. The molecule has 0 N–H and O–H groups in total. The maximum Gasteiger partial charge on any atom is 0.495 e. The lowest BCUT2D eigenvalue weighted by atomic mass is 9.79. The van der Waals surface area contributed by atoms with Crippen molar-refractivity contribution in [2.24, 2.45) is 0 Å². The summed E-state index contributed by atoms with van der Waals surface area (Å²) in [6.07, 6.45) is 0. The Labute approximate surface area is 76.6 Å². The second kappa shape index (κ2) is 3.48. The predicted molar refractivity (Wildman–Crippen MR) is 48.7 cm³/mol. The van der Waals surface area contributed by atoms with Gasteiger partial charge in [0.05, 0.1) is 13.2 Å². The third-order valence-corrected chi connectivity index (χ3v) is 2.13. The molecule has 0 radical (unpaired) electrons. The molecule has 0 unspecified atom stereocenters. The minimum atomic E-state index is -0.265. The van der Waals surface area contributed by atoms with E-state index in [-0.39, 0.29) is 7.12 Å². The maximum absolute atomic E-state index is 5.94. The van der Waals surface area contributed by atoms with Crippen LogP contribution in [0.1, 0.15) is 0 Å². The van der Waals surface area contributed by atoms with E-state index < -0.39 is 0 Å². The van der Waals surface area contributed by atoms with Crippen molar-refractivity contribution in [3.8, 4) is 0 Å². The fourth-order valence-electron chi connectivity index (χ4n) is 1.20. The van der Waals surface area contributed by atoms with Gasteiger partial charge >= 0.3 is 7.12 Å². The van der Waals surface area contributed by atoms with E-state index in [1.54, 1.807) is 0 Å². The highest BCUT2D eigenvalue weighted by atomic mass is 35.5. The summed E-state index contributed by atoms with van der Waals surface area (Å²) in [5.41, 5.74) is 0.914. The minimum Gasteiger partial charge on any atom is -0.405 e. The van der Waals surface area contributed by atoms with Crippen LogP contribution in [-0.2, 0) is 9.31 Å². The summed E-state index contributed by atoms with van der Waals surface area (Å²) in [6.45, 7) is 1.30. The number of rotatable bonds is 1. The first-order valence-corrected chi connectivity index (χ1v) is 4.23. The first kappa shape index (κ1) is 8.11. The fraction of sp³-hybridized carbons (Fsp3) is 0.250. The molecule has 1 aliphatic heterocycles. The number of benzene rings is 1. The van der Waals surface area contributed by atoms with Crippen molar-refractivity contribution in [2.75, 3.05) is 13.2 Å². The number of hydrogen-bond acceptors (Lipinski definition) is 2. The van der Waals surface area contributed by atoms with Gasteiger partial charge in [-0.05, 0) is 6.07 Å². The monoisotopic (exact) mass is 182 g/mol. The Bertz CT molecular complexity index is 274. The Morgan fingerprint density at radius 3 is 2.50 bits per heavy atom. The molecule has 1 saturated heterocycles. The van der Waals surface area contributed by atoms with Crippen LogP contribution in [0.4, 0.5) is 0 Å². The van der Waals surface area contributed by atoms with Crippen molar-refractivity contribution >= 4 is 24.2 Å². The molecular weight excluding hydrogens is 174 g/mol. The van der Waals surface area contributed by atoms with Crippen molar-refractivity contribution in [3.05, 3.63) is 29.3 Å². The zero-order valence-corrected chi connectivity index (χ0v) is 7.25. The summed E-state index contributed by atoms with van der Waals surface area (Å²) >= 11 is 5.94. The average molecular weight is 182 g/mol. The predicted octanol–water partition coefficient (Wildman–Crippen LogP) is 1.08. The summed E-state index contributed by atoms with van der Waals surface area (Å²) in [7, 11) is -0.265. The molecule has 1 aliphatic rings. The van der Waals surface area contributed by atoms with Crippen LogP contribution in [0.15, 0.2) is 24.3 Å². The summed E-state index contributed by atoms with van der Waals surface area (Å²) in [5, 5.41) is 0.699. The van der Waals surface area contributed by atoms with Crippen molar-refractivity contribution in [2.45, 2.75) is 0 Å². The molecule has 2 nitrogen and oxygen atoms in total. The molecule has 0 amide bonds. The van der Waals surface area contributed by atoms with Crippen LogP contribution in [0.3, 0.4) is 0 Å². The molecule has 2 rings (SSSR count). The molecule has 12 heavy (non-hydrogen) atoms. The zero-order chi connectivity index (χ0) is 8.39. The lowest BCUT2D eigenvalue weighted by molar-refractivity contribution is 0.365. The zero-order valence-electron chi connectivity index (χ0n) is 6.50. The molecule has 1 aromatic carbocycles. The van der Waals surface area contributed by atoms with E-state index >= 15 is 0 Å². The molecule has 62 valence electrons. The highest BCUT2D eigenvalue weighted by Crippen LogP contribution is 2.08. The van der Waals surface area contributed by atoms with Gasteiger partial charge < -0.3 is 9.31 Å².